The molecule has 2 saturated heterocycles. The van der Waals surface area contributed by atoms with Gasteiger partial charge in [-0.1, -0.05) is 6.07 Å². The van der Waals surface area contributed by atoms with Gasteiger partial charge in [0.1, 0.15) is 0 Å². The van der Waals surface area contributed by atoms with E-state index in [2.05, 4.69) is 21.8 Å². The Bertz CT molecular complexity index is 1220. The van der Waals surface area contributed by atoms with Crippen LogP contribution < -0.4 is 4.90 Å². The van der Waals surface area contributed by atoms with Gasteiger partial charge in [0.15, 0.2) is 0 Å². The van der Waals surface area contributed by atoms with E-state index in [-0.39, 0.29) is 6.10 Å². The largest absolute Gasteiger partial charge is 0.380 e. The fourth-order valence-corrected chi connectivity index (χ4v) is 6.46. The van der Waals surface area contributed by atoms with Crippen molar-refractivity contribution >= 4 is 26.7 Å². The van der Waals surface area contributed by atoms with E-state index in [1.807, 2.05) is 18.2 Å². The number of aromatic nitrogens is 2. The van der Waals surface area contributed by atoms with Crippen molar-refractivity contribution in [1.82, 2.24) is 13.9 Å². The van der Waals surface area contributed by atoms with E-state index in [9.17, 15) is 8.42 Å². The zero-order valence-corrected chi connectivity index (χ0v) is 19.5. The van der Waals surface area contributed by atoms with Crippen LogP contribution in [0.1, 0.15) is 24.8 Å². The van der Waals surface area contributed by atoms with Gasteiger partial charge < -0.3 is 14.5 Å². The molecule has 170 valence electrons. The highest BCUT2D eigenvalue weighted by Gasteiger charge is 2.27. The first kappa shape index (κ1) is 21.4. The van der Waals surface area contributed by atoms with E-state index in [0.29, 0.717) is 16.5 Å². The lowest BCUT2D eigenvalue weighted by atomic mass is 10.1. The predicted molar refractivity (Wildman–Crippen MR) is 126 cm³/mol. The predicted octanol–water partition coefficient (Wildman–Crippen LogP) is 3.14. The molecule has 4 heterocycles. The first-order valence-corrected chi connectivity index (χ1v) is 12.7. The molecule has 7 nitrogen and oxygen atoms in total. The summed E-state index contributed by atoms with van der Waals surface area (Å²) in [5, 5.41) is 0. The molecule has 1 aromatic carbocycles. The van der Waals surface area contributed by atoms with Crippen LogP contribution in [0.15, 0.2) is 53.7 Å². The summed E-state index contributed by atoms with van der Waals surface area (Å²) in [4.78, 5) is 9.38. The summed E-state index contributed by atoms with van der Waals surface area (Å²) < 4.78 is 34.3. The first-order valence-electron chi connectivity index (χ1n) is 11.3. The molecule has 5 rings (SSSR count). The molecule has 2 aliphatic rings. The summed E-state index contributed by atoms with van der Waals surface area (Å²) in [7, 11) is 0.103. The Labute approximate surface area is 189 Å². The second-order valence-corrected chi connectivity index (χ2v) is 10.7. The van der Waals surface area contributed by atoms with Gasteiger partial charge >= 0.3 is 0 Å². The van der Waals surface area contributed by atoms with E-state index in [1.165, 1.54) is 10.4 Å². The lowest BCUT2D eigenvalue weighted by molar-refractivity contribution is 0.121. The number of likely N-dealkylation sites (N-methyl/N-ethyl adjacent to an activating group) is 1. The lowest BCUT2D eigenvalue weighted by Crippen LogP contribution is -2.26. The Morgan fingerprint density at radius 2 is 2.03 bits per heavy atom. The number of likely N-dealkylation sites (tertiary alicyclic amines) is 1. The zero-order valence-electron chi connectivity index (χ0n) is 18.6. The highest BCUT2D eigenvalue weighted by atomic mass is 32.2. The summed E-state index contributed by atoms with van der Waals surface area (Å²) in [5.74, 6) is 0. The average Bonchev–Trinajstić information content (AvgIpc) is 3.54. The van der Waals surface area contributed by atoms with Gasteiger partial charge in [0, 0.05) is 44.3 Å². The van der Waals surface area contributed by atoms with Gasteiger partial charge in [0.05, 0.1) is 22.0 Å². The molecule has 3 aromatic rings. The van der Waals surface area contributed by atoms with Crippen molar-refractivity contribution in [3.05, 3.63) is 54.4 Å². The molecule has 0 unspecified atom stereocenters. The van der Waals surface area contributed by atoms with Gasteiger partial charge in [-0.25, -0.2) is 12.4 Å². The van der Waals surface area contributed by atoms with Crippen LogP contribution in [-0.2, 0) is 21.2 Å². The molecule has 0 bridgehead atoms. The van der Waals surface area contributed by atoms with Crippen LogP contribution in [-0.4, -0.2) is 68.2 Å². The third-order valence-electron chi connectivity index (χ3n) is 6.95. The van der Waals surface area contributed by atoms with Crippen molar-refractivity contribution in [1.29, 1.82) is 0 Å². The maximum atomic E-state index is 13.7. The van der Waals surface area contributed by atoms with Crippen LogP contribution >= 0.6 is 0 Å². The summed E-state index contributed by atoms with van der Waals surface area (Å²) in [6.07, 6.45) is 7.76. The third-order valence-corrected chi connectivity index (χ3v) is 8.62. The van der Waals surface area contributed by atoms with E-state index in [1.54, 1.807) is 37.7 Å². The smallest absolute Gasteiger partial charge is 0.268 e. The number of rotatable bonds is 6. The van der Waals surface area contributed by atoms with Gasteiger partial charge in [-0.3, -0.25) is 4.98 Å². The van der Waals surface area contributed by atoms with Crippen LogP contribution in [0.2, 0.25) is 0 Å². The molecule has 0 aliphatic carbocycles. The Morgan fingerprint density at radius 1 is 1.16 bits per heavy atom. The second-order valence-electron chi connectivity index (χ2n) is 8.90. The maximum Gasteiger partial charge on any atom is 0.268 e. The quantitative estimate of drug-likeness (QED) is 0.570. The van der Waals surface area contributed by atoms with Crippen LogP contribution in [0, 0.1) is 0 Å². The highest BCUT2D eigenvalue weighted by Crippen LogP contribution is 2.30. The number of nitrogens with zero attached hydrogens (tertiary/aromatic N) is 4. The summed E-state index contributed by atoms with van der Waals surface area (Å²) >= 11 is 0. The van der Waals surface area contributed by atoms with Crippen molar-refractivity contribution in [3.8, 4) is 0 Å². The normalized spacial score (nSPS) is 22.2. The van der Waals surface area contributed by atoms with Crippen LogP contribution in [0.4, 0.5) is 5.69 Å². The number of pyridine rings is 1. The van der Waals surface area contributed by atoms with E-state index in [0.717, 1.165) is 55.7 Å². The molecule has 2 fully saturated rings. The number of fused-ring (bicyclic) bond motifs is 1. The summed E-state index contributed by atoms with van der Waals surface area (Å²) in [6, 6.07) is 11.3. The minimum absolute atomic E-state index is 0.186. The third kappa shape index (κ3) is 3.80. The molecule has 2 aromatic heterocycles. The van der Waals surface area contributed by atoms with Crippen molar-refractivity contribution < 1.29 is 13.2 Å². The number of hydrogen-bond donors (Lipinski definition) is 0. The molecule has 32 heavy (non-hydrogen) atoms. The zero-order chi connectivity index (χ0) is 22.3. The van der Waals surface area contributed by atoms with Gasteiger partial charge in [-0.05, 0) is 75.2 Å². The molecule has 2 aliphatic heterocycles. The van der Waals surface area contributed by atoms with Crippen LogP contribution in [0.5, 0.6) is 0 Å². The molecule has 8 heteroatoms. The van der Waals surface area contributed by atoms with E-state index >= 15 is 0 Å². The number of anilines is 1. The number of methoxy groups -OCH3 is 1. The van der Waals surface area contributed by atoms with Crippen molar-refractivity contribution in [2.24, 2.45) is 0 Å². The fourth-order valence-electron chi connectivity index (χ4n) is 5.04. The fraction of sp³-hybridized carbons (Fsp3) is 0.458. The van der Waals surface area contributed by atoms with Crippen molar-refractivity contribution in [3.63, 3.8) is 0 Å². The molecule has 0 spiro atoms. The molecule has 0 N–H and O–H groups in total. The van der Waals surface area contributed by atoms with Gasteiger partial charge in [-0.2, -0.15) is 0 Å². The molecule has 0 amide bonds. The van der Waals surface area contributed by atoms with Gasteiger partial charge in [0.2, 0.25) is 0 Å². The molecule has 0 radical (unpaired) electrons. The van der Waals surface area contributed by atoms with Gasteiger partial charge in [-0.15, -0.1) is 0 Å². The average molecular weight is 455 g/mol. The summed E-state index contributed by atoms with van der Waals surface area (Å²) in [6.45, 7) is 2.72. The molecular formula is C24H30N4O3S. The SMILES string of the molecule is CO[C@@H]1CCN(c2cccc(S(=O)(=O)n3cc(C[C@@H]4CCCN4C)c4ncccc43)c2)C1. The number of benzene rings is 1. The first-order chi connectivity index (χ1) is 15.5. The van der Waals surface area contributed by atoms with Crippen molar-refractivity contribution in [2.75, 3.05) is 38.7 Å². The Balaban J connectivity index is 1.52. The minimum atomic E-state index is -3.76. The Kier molecular flexibility index (Phi) is 5.69. The Hall–Kier alpha value is -2.42. The highest BCUT2D eigenvalue weighted by molar-refractivity contribution is 7.90. The maximum absolute atomic E-state index is 13.7. The standard InChI is InChI=1S/C24H30N4O3S/c1-26-12-5-7-19(26)14-18-16-28(23-9-4-11-25-24(18)23)32(29,30)22-8-3-6-20(15-22)27-13-10-21(17-27)31-2/h3-4,6,8-9,11,15-16,19,21H,5,7,10,12-14,17H2,1-2H3/t19-,21+/m0/s1. The monoisotopic (exact) mass is 454 g/mol. The molecular weight excluding hydrogens is 424 g/mol. The minimum Gasteiger partial charge on any atom is -0.380 e. The molecule has 0 saturated carbocycles. The van der Waals surface area contributed by atoms with Gasteiger partial charge in [0.25, 0.3) is 10.0 Å². The van der Waals surface area contributed by atoms with Crippen molar-refractivity contribution in [2.45, 2.75) is 42.7 Å². The number of ether oxygens (including phenoxy) is 1. The molecule has 2 atom stereocenters. The van der Waals surface area contributed by atoms with Crippen LogP contribution in [0.3, 0.4) is 0 Å². The topological polar surface area (TPSA) is 67.7 Å². The summed E-state index contributed by atoms with van der Waals surface area (Å²) in [5.41, 5.74) is 3.30. The Morgan fingerprint density at radius 3 is 2.78 bits per heavy atom. The van der Waals surface area contributed by atoms with E-state index < -0.39 is 10.0 Å². The second kappa shape index (κ2) is 8.50. The number of hydrogen-bond acceptors (Lipinski definition) is 6. The van der Waals surface area contributed by atoms with E-state index in [4.69, 9.17) is 4.74 Å². The van der Waals surface area contributed by atoms with Crippen LogP contribution in [0.25, 0.3) is 11.0 Å². The lowest BCUT2D eigenvalue weighted by Gasteiger charge is -2.19.